The lowest BCUT2D eigenvalue weighted by Gasteiger charge is -2.20. The monoisotopic (exact) mass is 341 g/mol. The zero-order valence-electron chi connectivity index (χ0n) is 14.7. The lowest BCUT2D eigenvalue weighted by Crippen LogP contribution is -2.25. The fourth-order valence-corrected chi connectivity index (χ4v) is 3.16. The Kier molecular flexibility index (Phi) is 5.34. The zero-order valence-corrected chi connectivity index (χ0v) is 14.7. The van der Waals surface area contributed by atoms with Gasteiger partial charge < -0.3 is 15.5 Å². The third-order valence-corrected chi connectivity index (χ3v) is 4.58. The van der Waals surface area contributed by atoms with E-state index in [0.717, 1.165) is 30.8 Å². The van der Waals surface area contributed by atoms with Gasteiger partial charge in [0.1, 0.15) is 5.82 Å². The van der Waals surface area contributed by atoms with Crippen molar-refractivity contribution in [3.05, 3.63) is 58.9 Å². The van der Waals surface area contributed by atoms with Crippen molar-refractivity contribution in [2.24, 2.45) is 0 Å². The molecule has 1 amide bonds. The molecule has 1 heterocycles. The number of amides is 1. The van der Waals surface area contributed by atoms with Crippen molar-refractivity contribution in [3.8, 4) is 0 Å². The molecule has 0 radical (unpaired) electrons. The molecule has 5 heteroatoms. The fraction of sp³-hybridized carbons (Fsp3) is 0.350. The predicted octanol–water partition coefficient (Wildman–Crippen LogP) is 3.57. The second kappa shape index (κ2) is 7.66. The Morgan fingerprint density at radius 1 is 1.24 bits per heavy atom. The van der Waals surface area contributed by atoms with Crippen LogP contribution in [0.2, 0.25) is 0 Å². The highest BCUT2D eigenvalue weighted by molar-refractivity contribution is 6.04. The quantitative estimate of drug-likeness (QED) is 0.874. The number of carbonyl (C=O) groups excluding carboxylic acids is 1. The van der Waals surface area contributed by atoms with Gasteiger partial charge in [-0.25, -0.2) is 4.39 Å². The van der Waals surface area contributed by atoms with Gasteiger partial charge in [0.05, 0.1) is 5.69 Å². The minimum absolute atomic E-state index is 0.248. The van der Waals surface area contributed by atoms with E-state index < -0.39 is 0 Å². The third kappa shape index (κ3) is 3.82. The maximum absolute atomic E-state index is 14.6. The summed E-state index contributed by atoms with van der Waals surface area (Å²) in [4.78, 5) is 14.6. The third-order valence-electron chi connectivity index (χ3n) is 4.58. The molecule has 1 aliphatic rings. The standard InChI is InChI=1S/C20H24FN3O/c1-3-12-24(2)16-7-4-14(5-8-16)20(25)23-18-9-6-15-13-22-11-10-17(15)19(18)21/h4-9,22H,3,10-13H2,1-2H3,(H,23,25). The molecule has 0 saturated heterocycles. The molecule has 0 bridgehead atoms. The van der Waals surface area contributed by atoms with Crippen LogP contribution in [0.25, 0.3) is 0 Å². The molecule has 4 nitrogen and oxygen atoms in total. The number of anilines is 2. The van der Waals surface area contributed by atoms with Crippen molar-refractivity contribution in [3.63, 3.8) is 0 Å². The highest BCUT2D eigenvalue weighted by Crippen LogP contribution is 2.25. The van der Waals surface area contributed by atoms with Crippen molar-refractivity contribution >= 4 is 17.3 Å². The molecule has 0 saturated carbocycles. The van der Waals surface area contributed by atoms with Crippen LogP contribution in [0.1, 0.15) is 34.8 Å². The molecule has 0 aromatic heterocycles. The van der Waals surface area contributed by atoms with Crippen molar-refractivity contribution < 1.29 is 9.18 Å². The summed E-state index contributed by atoms with van der Waals surface area (Å²) in [5.41, 5.74) is 3.49. The Bertz CT molecular complexity index is 758. The topological polar surface area (TPSA) is 44.4 Å². The van der Waals surface area contributed by atoms with E-state index in [4.69, 9.17) is 0 Å². The average Bonchev–Trinajstić information content (AvgIpc) is 2.64. The van der Waals surface area contributed by atoms with E-state index in [1.54, 1.807) is 18.2 Å². The molecule has 0 aliphatic carbocycles. The molecule has 0 fully saturated rings. The van der Waals surface area contributed by atoms with E-state index >= 15 is 0 Å². The van der Waals surface area contributed by atoms with Gasteiger partial charge in [-0.05, 0) is 60.8 Å². The van der Waals surface area contributed by atoms with Gasteiger partial charge >= 0.3 is 0 Å². The first kappa shape index (κ1) is 17.4. The van der Waals surface area contributed by atoms with Crippen molar-refractivity contribution in [1.29, 1.82) is 0 Å². The van der Waals surface area contributed by atoms with Crippen LogP contribution in [-0.4, -0.2) is 26.0 Å². The van der Waals surface area contributed by atoms with E-state index in [1.165, 1.54) is 0 Å². The van der Waals surface area contributed by atoms with Crippen molar-refractivity contribution in [2.45, 2.75) is 26.3 Å². The first-order valence-corrected chi connectivity index (χ1v) is 8.73. The van der Waals surface area contributed by atoms with E-state index in [1.807, 2.05) is 25.2 Å². The Labute approximate surface area is 148 Å². The number of hydrogen-bond donors (Lipinski definition) is 2. The molecule has 2 aromatic rings. The first-order valence-electron chi connectivity index (χ1n) is 8.73. The largest absolute Gasteiger partial charge is 0.375 e. The Hall–Kier alpha value is -2.40. The van der Waals surface area contributed by atoms with Gasteiger partial charge in [0.15, 0.2) is 0 Å². The Morgan fingerprint density at radius 2 is 2.00 bits per heavy atom. The summed E-state index contributed by atoms with van der Waals surface area (Å²) in [6.45, 7) is 4.52. The Morgan fingerprint density at radius 3 is 2.72 bits per heavy atom. The lowest BCUT2D eigenvalue weighted by atomic mass is 9.99. The molecule has 2 N–H and O–H groups in total. The fourth-order valence-electron chi connectivity index (χ4n) is 3.16. The minimum Gasteiger partial charge on any atom is -0.375 e. The van der Waals surface area contributed by atoms with Gasteiger partial charge in [-0.2, -0.15) is 0 Å². The maximum Gasteiger partial charge on any atom is 0.255 e. The number of carbonyl (C=O) groups is 1. The summed E-state index contributed by atoms with van der Waals surface area (Å²) in [7, 11) is 2.02. The van der Waals surface area contributed by atoms with Gasteiger partial charge in [0.25, 0.3) is 5.91 Å². The van der Waals surface area contributed by atoms with E-state index in [2.05, 4.69) is 22.5 Å². The molecular weight excluding hydrogens is 317 g/mol. The molecule has 2 aromatic carbocycles. The summed E-state index contributed by atoms with van der Waals surface area (Å²) in [5, 5.41) is 5.92. The maximum atomic E-state index is 14.6. The van der Waals surface area contributed by atoms with E-state index in [0.29, 0.717) is 24.1 Å². The molecule has 3 rings (SSSR count). The van der Waals surface area contributed by atoms with Crippen LogP contribution in [0.5, 0.6) is 0 Å². The van der Waals surface area contributed by atoms with Crippen LogP contribution >= 0.6 is 0 Å². The van der Waals surface area contributed by atoms with Crippen molar-refractivity contribution in [2.75, 3.05) is 30.4 Å². The van der Waals surface area contributed by atoms with E-state index in [-0.39, 0.29) is 17.4 Å². The van der Waals surface area contributed by atoms with Crippen LogP contribution in [0.4, 0.5) is 15.8 Å². The SMILES string of the molecule is CCCN(C)c1ccc(C(=O)Nc2ccc3c(c2F)CCNC3)cc1. The number of hydrogen-bond acceptors (Lipinski definition) is 3. The number of nitrogens with zero attached hydrogens (tertiary/aromatic N) is 1. The van der Waals surface area contributed by atoms with Gasteiger partial charge in [-0.1, -0.05) is 13.0 Å². The Balaban J connectivity index is 1.74. The first-order chi connectivity index (χ1) is 12.1. The van der Waals surface area contributed by atoms with Crippen LogP contribution in [0.15, 0.2) is 36.4 Å². The summed E-state index contributed by atoms with van der Waals surface area (Å²) in [6, 6.07) is 10.9. The molecular formula is C20H24FN3O. The molecule has 0 spiro atoms. The van der Waals surface area contributed by atoms with E-state index in [9.17, 15) is 9.18 Å². The second-order valence-corrected chi connectivity index (χ2v) is 6.41. The van der Waals surface area contributed by atoms with Crippen LogP contribution in [0, 0.1) is 5.82 Å². The van der Waals surface area contributed by atoms with Crippen LogP contribution in [-0.2, 0) is 13.0 Å². The summed E-state index contributed by atoms with van der Waals surface area (Å²) in [5.74, 6) is -0.607. The molecule has 0 atom stereocenters. The van der Waals surface area contributed by atoms with Crippen molar-refractivity contribution in [1.82, 2.24) is 5.32 Å². The number of nitrogens with one attached hydrogen (secondary N) is 2. The minimum atomic E-state index is -0.313. The lowest BCUT2D eigenvalue weighted by molar-refractivity contribution is 0.102. The molecule has 25 heavy (non-hydrogen) atoms. The number of halogens is 1. The zero-order chi connectivity index (χ0) is 17.8. The normalized spacial score (nSPS) is 13.2. The number of benzene rings is 2. The smallest absolute Gasteiger partial charge is 0.255 e. The molecule has 1 aliphatic heterocycles. The van der Waals surface area contributed by atoms with Gasteiger partial charge in [0.2, 0.25) is 0 Å². The average molecular weight is 341 g/mol. The molecule has 0 unspecified atom stereocenters. The molecule has 132 valence electrons. The second-order valence-electron chi connectivity index (χ2n) is 6.41. The van der Waals surface area contributed by atoms with Gasteiger partial charge in [-0.15, -0.1) is 0 Å². The summed E-state index contributed by atoms with van der Waals surface area (Å²) in [6.07, 6.45) is 1.70. The number of fused-ring (bicyclic) bond motifs is 1. The highest BCUT2D eigenvalue weighted by atomic mass is 19.1. The number of rotatable bonds is 5. The summed E-state index contributed by atoms with van der Waals surface area (Å²) >= 11 is 0. The van der Waals surface area contributed by atoms with Crippen LogP contribution in [0.3, 0.4) is 0 Å². The van der Waals surface area contributed by atoms with Gasteiger partial charge in [-0.3, -0.25) is 4.79 Å². The summed E-state index contributed by atoms with van der Waals surface area (Å²) < 4.78 is 14.6. The predicted molar refractivity (Wildman–Crippen MR) is 99.8 cm³/mol. The van der Waals surface area contributed by atoms with Crippen LogP contribution < -0.4 is 15.5 Å². The highest BCUT2D eigenvalue weighted by Gasteiger charge is 2.18. The van der Waals surface area contributed by atoms with Gasteiger partial charge in [0, 0.05) is 31.4 Å².